The number of nitrogens with one attached hydrogen (secondary N) is 2. The normalized spacial score (nSPS) is 12.6. The van der Waals surface area contributed by atoms with Crippen LogP contribution in [0.25, 0.3) is 10.8 Å². The van der Waals surface area contributed by atoms with Crippen molar-refractivity contribution in [2.45, 2.75) is 90.8 Å². The minimum atomic E-state index is -1.37. The van der Waals surface area contributed by atoms with Crippen molar-refractivity contribution in [3.63, 3.8) is 0 Å². The van der Waals surface area contributed by atoms with E-state index in [4.69, 9.17) is 10.5 Å². The van der Waals surface area contributed by atoms with Crippen molar-refractivity contribution >= 4 is 40.3 Å². The molecule has 2 unspecified atom stereocenters. The third-order valence-corrected chi connectivity index (χ3v) is 7.29. The first-order valence-corrected chi connectivity index (χ1v) is 15.5. The SMILES string of the molecule is CCCCCCCN(C(=O)C(CC(N)=O)NC(=O)OC(C)(C)C)C(C(=O)Nc1ccc2ccccc2c1)c1ccc(O)c(C)c1. The first-order chi connectivity index (χ1) is 21.3. The molecule has 0 aliphatic carbocycles. The summed E-state index contributed by atoms with van der Waals surface area (Å²) in [5.41, 5.74) is 6.18. The molecule has 10 nitrogen and oxygen atoms in total. The number of phenols is 1. The molecule has 0 bridgehead atoms. The standard InChI is InChI=1S/C35H46N4O6/c1-6-7-8-9-12-19-39(33(43)28(22-30(36)41)38-34(44)45-35(3,4)5)31(26-16-18-29(40)23(2)20-26)32(42)37-27-17-15-24-13-10-11-14-25(24)21-27/h10-11,13-18,20-21,28,31,40H,6-9,12,19,22H2,1-5H3,(H2,36,41)(H,37,42)(H,38,44). The molecule has 242 valence electrons. The Labute approximate surface area is 265 Å². The van der Waals surface area contributed by atoms with Crippen LogP contribution in [0, 0.1) is 6.92 Å². The van der Waals surface area contributed by atoms with E-state index in [0.717, 1.165) is 36.5 Å². The maximum absolute atomic E-state index is 14.3. The van der Waals surface area contributed by atoms with E-state index in [2.05, 4.69) is 17.6 Å². The molecule has 3 aromatic rings. The van der Waals surface area contributed by atoms with E-state index in [9.17, 15) is 24.3 Å². The smallest absolute Gasteiger partial charge is 0.408 e. The summed E-state index contributed by atoms with van der Waals surface area (Å²) in [7, 11) is 0. The van der Waals surface area contributed by atoms with Crippen LogP contribution in [-0.4, -0.2) is 52.0 Å². The Bertz CT molecular complexity index is 1500. The van der Waals surface area contributed by atoms with Crippen LogP contribution in [0.5, 0.6) is 5.75 Å². The highest BCUT2D eigenvalue weighted by Crippen LogP contribution is 2.29. The van der Waals surface area contributed by atoms with Crippen LogP contribution in [0.4, 0.5) is 10.5 Å². The number of ether oxygens (including phenoxy) is 1. The third-order valence-electron chi connectivity index (χ3n) is 7.29. The van der Waals surface area contributed by atoms with Gasteiger partial charge in [-0.15, -0.1) is 0 Å². The lowest BCUT2D eigenvalue weighted by atomic mass is 9.99. The molecule has 45 heavy (non-hydrogen) atoms. The summed E-state index contributed by atoms with van der Waals surface area (Å²) in [5.74, 6) is -1.90. The van der Waals surface area contributed by atoms with E-state index in [0.29, 0.717) is 23.2 Å². The van der Waals surface area contributed by atoms with Gasteiger partial charge in [0.25, 0.3) is 5.91 Å². The largest absolute Gasteiger partial charge is 0.508 e. The van der Waals surface area contributed by atoms with E-state index in [1.807, 2.05) is 36.4 Å². The number of unbranched alkanes of at least 4 members (excludes halogenated alkanes) is 4. The molecule has 5 N–H and O–H groups in total. The minimum Gasteiger partial charge on any atom is -0.508 e. The van der Waals surface area contributed by atoms with E-state index < -0.39 is 47.9 Å². The van der Waals surface area contributed by atoms with Crippen molar-refractivity contribution in [1.29, 1.82) is 0 Å². The van der Waals surface area contributed by atoms with Crippen LogP contribution in [0.3, 0.4) is 0 Å². The number of aryl methyl sites for hydroxylation is 1. The Morgan fingerprint density at radius 1 is 0.933 bits per heavy atom. The Hall–Kier alpha value is -4.60. The number of carbonyl (C=O) groups is 4. The highest BCUT2D eigenvalue weighted by molar-refractivity contribution is 6.01. The molecule has 2 atom stereocenters. The van der Waals surface area contributed by atoms with Crippen molar-refractivity contribution < 1.29 is 29.0 Å². The maximum Gasteiger partial charge on any atom is 0.408 e. The Balaban J connectivity index is 2.06. The van der Waals surface area contributed by atoms with Crippen LogP contribution in [0.1, 0.15) is 83.4 Å². The average Bonchev–Trinajstić information content (AvgIpc) is 2.96. The van der Waals surface area contributed by atoms with Gasteiger partial charge in [-0.2, -0.15) is 0 Å². The lowest BCUT2D eigenvalue weighted by Crippen LogP contribution is -2.53. The zero-order valence-electron chi connectivity index (χ0n) is 26.9. The lowest BCUT2D eigenvalue weighted by Gasteiger charge is -2.34. The van der Waals surface area contributed by atoms with Crippen molar-refractivity contribution in [3.05, 3.63) is 71.8 Å². The van der Waals surface area contributed by atoms with Gasteiger partial charge >= 0.3 is 6.09 Å². The number of primary amides is 1. The topological polar surface area (TPSA) is 151 Å². The molecule has 3 rings (SSSR count). The fraction of sp³-hybridized carbons (Fsp3) is 0.429. The number of hydrogen-bond acceptors (Lipinski definition) is 6. The summed E-state index contributed by atoms with van der Waals surface area (Å²) in [6.45, 7) is 9.02. The maximum atomic E-state index is 14.3. The van der Waals surface area contributed by atoms with E-state index in [1.54, 1.807) is 45.9 Å². The number of aromatic hydroxyl groups is 1. The summed E-state index contributed by atoms with van der Waals surface area (Å²) in [6.07, 6.45) is 3.03. The number of amides is 4. The number of rotatable bonds is 14. The lowest BCUT2D eigenvalue weighted by molar-refractivity contribution is -0.142. The number of anilines is 1. The zero-order chi connectivity index (χ0) is 33.1. The van der Waals surface area contributed by atoms with Gasteiger partial charge in [-0.3, -0.25) is 14.4 Å². The van der Waals surface area contributed by atoms with Crippen LogP contribution in [-0.2, 0) is 19.1 Å². The Kier molecular flexibility index (Phi) is 12.3. The predicted molar refractivity (Wildman–Crippen MR) is 176 cm³/mol. The molecule has 10 heteroatoms. The number of carbonyl (C=O) groups excluding carboxylic acids is 4. The van der Waals surface area contributed by atoms with Gasteiger partial charge in [0.05, 0.1) is 6.42 Å². The average molecular weight is 619 g/mol. The molecule has 0 aliphatic rings. The number of benzene rings is 3. The number of phenolic OH excluding ortho intramolecular Hbond substituents is 1. The summed E-state index contributed by atoms with van der Waals surface area (Å²) in [4.78, 5) is 54.8. The second kappa shape index (κ2) is 15.9. The van der Waals surface area contributed by atoms with Crippen LogP contribution >= 0.6 is 0 Å². The molecule has 0 aliphatic heterocycles. The van der Waals surface area contributed by atoms with Gasteiger partial charge in [0.2, 0.25) is 11.8 Å². The molecule has 0 aromatic heterocycles. The molecule has 0 spiro atoms. The monoisotopic (exact) mass is 618 g/mol. The predicted octanol–water partition coefficient (Wildman–Crippen LogP) is 6.10. The molecule has 4 amide bonds. The number of hydrogen-bond donors (Lipinski definition) is 4. The fourth-order valence-electron chi connectivity index (χ4n) is 5.10. The molecule has 0 heterocycles. The molecular weight excluding hydrogens is 572 g/mol. The highest BCUT2D eigenvalue weighted by Gasteiger charge is 2.37. The van der Waals surface area contributed by atoms with Crippen LogP contribution in [0.2, 0.25) is 0 Å². The van der Waals surface area contributed by atoms with Crippen molar-refractivity contribution in [1.82, 2.24) is 10.2 Å². The number of nitrogens with zero attached hydrogens (tertiary/aromatic N) is 1. The van der Waals surface area contributed by atoms with E-state index in [-0.39, 0.29) is 12.3 Å². The number of nitrogens with two attached hydrogens (primary N) is 1. The molecule has 0 saturated carbocycles. The first kappa shape index (κ1) is 34.9. The zero-order valence-corrected chi connectivity index (χ0v) is 26.9. The van der Waals surface area contributed by atoms with Crippen LogP contribution in [0.15, 0.2) is 60.7 Å². The van der Waals surface area contributed by atoms with Gasteiger partial charge < -0.3 is 31.1 Å². The quantitative estimate of drug-likeness (QED) is 0.160. The molecule has 0 saturated heterocycles. The Morgan fingerprint density at radius 2 is 1.62 bits per heavy atom. The summed E-state index contributed by atoms with van der Waals surface area (Å²) in [5, 5.41) is 17.7. The second-order valence-corrected chi connectivity index (χ2v) is 12.3. The van der Waals surface area contributed by atoms with Gasteiger partial charge in [0.15, 0.2) is 0 Å². The van der Waals surface area contributed by atoms with Crippen molar-refractivity contribution in [2.75, 3.05) is 11.9 Å². The first-order valence-electron chi connectivity index (χ1n) is 15.5. The summed E-state index contributed by atoms with van der Waals surface area (Å²) >= 11 is 0. The fourth-order valence-corrected chi connectivity index (χ4v) is 5.10. The van der Waals surface area contributed by atoms with Gasteiger partial charge in [0.1, 0.15) is 23.4 Å². The number of alkyl carbamates (subject to hydrolysis) is 1. The number of fused-ring (bicyclic) bond motifs is 1. The highest BCUT2D eigenvalue weighted by atomic mass is 16.6. The van der Waals surface area contributed by atoms with Gasteiger partial charge in [-0.25, -0.2) is 4.79 Å². The Morgan fingerprint density at radius 3 is 2.27 bits per heavy atom. The molecular formula is C35H46N4O6. The van der Waals surface area contributed by atoms with Crippen LogP contribution < -0.4 is 16.4 Å². The summed E-state index contributed by atoms with van der Waals surface area (Å²) in [6, 6.07) is 15.5. The van der Waals surface area contributed by atoms with Crippen molar-refractivity contribution in [3.8, 4) is 5.75 Å². The van der Waals surface area contributed by atoms with Gasteiger partial charge in [-0.1, -0.05) is 69.0 Å². The third kappa shape index (κ3) is 10.5. The minimum absolute atomic E-state index is 0.0445. The second-order valence-electron chi connectivity index (χ2n) is 12.3. The van der Waals surface area contributed by atoms with E-state index >= 15 is 0 Å². The van der Waals surface area contributed by atoms with Gasteiger partial charge in [0, 0.05) is 12.2 Å². The molecule has 3 aromatic carbocycles. The van der Waals surface area contributed by atoms with Crippen molar-refractivity contribution in [2.24, 2.45) is 5.73 Å². The molecule has 0 radical (unpaired) electrons. The summed E-state index contributed by atoms with van der Waals surface area (Å²) < 4.78 is 5.36. The molecule has 0 fully saturated rings. The van der Waals surface area contributed by atoms with Gasteiger partial charge in [-0.05, 0) is 80.3 Å². The van der Waals surface area contributed by atoms with E-state index in [1.165, 1.54) is 11.0 Å².